The Morgan fingerprint density at radius 3 is 1.18 bits per heavy atom. The highest BCUT2D eigenvalue weighted by atomic mass is 31.2. The van der Waals surface area contributed by atoms with E-state index in [-0.39, 0.29) is 19.3 Å². The van der Waals surface area contributed by atoms with E-state index >= 15 is 0 Å². The van der Waals surface area contributed by atoms with Crippen LogP contribution in [-0.4, -0.2) is 204 Å². The van der Waals surface area contributed by atoms with E-state index in [1.807, 2.05) is 0 Å². The lowest BCUT2D eigenvalue weighted by molar-refractivity contribution is -0.360. The molecule has 3 rings (SSSR count). The monoisotopic (exact) mass is 1470 g/mol. The van der Waals surface area contributed by atoms with Gasteiger partial charge in [-0.25, -0.2) is 4.57 Å². The van der Waals surface area contributed by atoms with Crippen molar-refractivity contribution in [1.82, 2.24) is 0 Å². The van der Waals surface area contributed by atoms with Crippen LogP contribution in [0, 0.1) is 5.92 Å². The highest BCUT2D eigenvalue weighted by Crippen LogP contribution is 2.49. The van der Waals surface area contributed by atoms with E-state index in [1.165, 1.54) is 135 Å². The SMILES string of the molecule is CCCCCC/C=C\CCCCCCCCCC(=O)OCC(COP(=O)(O)OC1C(OC2OC(CO)C(O)C(O)C2O)C(O)C(O)C(O)C1OC1OC(COC(=O)CCCCCCCCC(C)CCCCCCCC)C(O)C(O)C1O)OC(=O)CCCCCCCCCCCCCCCCC. The standard InChI is InChI=1S/C76H141O24P/c1-5-8-11-14-17-19-21-23-25-27-29-31-33-39-44-49-60(78)92-53-57(95-62(80)51-46-41-34-32-30-28-26-24-22-20-18-15-12-9-6-2)54-94-101(90,91)100-74-72(98-75-70(88)65(83)63(81)58(52-77)96-75)68(86)67(85)69(87)73(74)99-76-71(89)66(84)64(82)59(97-76)55-93-61(79)50-45-40-36-35-38-43-48-56(4)47-42-37-16-13-10-7-3/h19,21,56-59,63-77,81-89H,5-18,20,22-55H2,1-4H3,(H,90,91)/b21-19-. The largest absolute Gasteiger partial charge is 0.472 e. The smallest absolute Gasteiger partial charge is 0.463 e. The molecule has 101 heavy (non-hydrogen) atoms. The average molecular weight is 1470 g/mol. The summed E-state index contributed by atoms with van der Waals surface area (Å²) in [4.78, 5) is 51.1. The third kappa shape index (κ3) is 39.9. The van der Waals surface area contributed by atoms with Crippen molar-refractivity contribution in [2.24, 2.45) is 5.92 Å². The summed E-state index contributed by atoms with van der Waals surface area (Å²) in [7, 11) is -5.70. The van der Waals surface area contributed by atoms with Crippen LogP contribution in [0.2, 0.25) is 0 Å². The van der Waals surface area contributed by atoms with Crippen LogP contribution in [0.1, 0.15) is 317 Å². The molecule has 1 saturated carbocycles. The number of aliphatic hydroxyl groups is 10. The summed E-state index contributed by atoms with van der Waals surface area (Å²) in [5.74, 6) is -1.29. The van der Waals surface area contributed by atoms with Gasteiger partial charge in [0.2, 0.25) is 0 Å². The first-order valence-electron chi connectivity index (χ1n) is 39.9. The molecule has 2 aliphatic heterocycles. The number of unbranched alkanes of at least 4 members (excludes halogenated alkanes) is 35. The quantitative estimate of drug-likeness (QED) is 0.00886. The Balaban J connectivity index is 1.72. The minimum atomic E-state index is -5.70. The van der Waals surface area contributed by atoms with Crippen LogP contribution in [-0.2, 0) is 61.2 Å². The molecular formula is C76H141O24P. The molecular weight excluding hydrogens is 1330 g/mol. The van der Waals surface area contributed by atoms with Crippen LogP contribution in [0.3, 0.4) is 0 Å². The zero-order valence-corrected chi connectivity index (χ0v) is 63.3. The maximum atomic E-state index is 14.4. The van der Waals surface area contributed by atoms with Crippen LogP contribution in [0.5, 0.6) is 0 Å². The number of phosphoric ester groups is 1. The predicted molar refractivity (Wildman–Crippen MR) is 384 cm³/mol. The Bertz CT molecular complexity index is 2150. The van der Waals surface area contributed by atoms with Gasteiger partial charge in [0.05, 0.1) is 13.2 Å². The summed E-state index contributed by atoms with van der Waals surface area (Å²) in [6.07, 6.45) is 15.4. The molecule has 2 heterocycles. The summed E-state index contributed by atoms with van der Waals surface area (Å²) in [5, 5.41) is 110. The first-order valence-corrected chi connectivity index (χ1v) is 41.4. The van der Waals surface area contributed by atoms with E-state index in [9.17, 15) is 74.9 Å². The lowest BCUT2D eigenvalue weighted by Gasteiger charge is -2.49. The molecule has 19 atom stereocenters. The van der Waals surface area contributed by atoms with Gasteiger partial charge in [-0.1, -0.05) is 265 Å². The van der Waals surface area contributed by atoms with Crippen molar-refractivity contribution < 1.29 is 117 Å². The molecule has 3 fully saturated rings. The molecule has 0 amide bonds. The van der Waals surface area contributed by atoms with Crippen molar-refractivity contribution in [2.45, 2.75) is 421 Å². The van der Waals surface area contributed by atoms with Gasteiger partial charge in [-0.3, -0.25) is 23.4 Å². The van der Waals surface area contributed by atoms with Gasteiger partial charge < -0.3 is 89.1 Å². The molecule has 0 spiro atoms. The second kappa shape index (κ2) is 56.9. The van der Waals surface area contributed by atoms with Gasteiger partial charge in [-0.2, -0.15) is 0 Å². The molecule has 25 heteroatoms. The third-order valence-electron chi connectivity index (χ3n) is 19.9. The average Bonchev–Trinajstić information content (AvgIpc) is 0.762. The number of allylic oxidation sites excluding steroid dienone is 2. The Kier molecular flexibility index (Phi) is 52.4. The Morgan fingerprint density at radius 2 is 0.752 bits per heavy atom. The van der Waals surface area contributed by atoms with Crippen molar-refractivity contribution in [3.63, 3.8) is 0 Å². The van der Waals surface area contributed by atoms with Gasteiger partial charge in [-0.15, -0.1) is 0 Å². The molecule has 19 unspecified atom stereocenters. The molecule has 0 aromatic carbocycles. The topological polar surface area (TPSA) is 374 Å². The van der Waals surface area contributed by atoms with E-state index in [2.05, 4.69) is 39.8 Å². The van der Waals surface area contributed by atoms with Gasteiger partial charge in [0.1, 0.15) is 98.7 Å². The molecule has 3 aliphatic rings. The highest BCUT2D eigenvalue weighted by Gasteiger charge is 2.58. The Hall–Kier alpha value is -2.30. The molecule has 11 N–H and O–H groups in total. The molecule has 24 nitrogen and oxygen atoms in total. The Morgan fingerprint density at radius 1 is 0.406 bits per heavy atom. The highest BCUT2D eigenvalue weighted by molar-refractivity contribution is 7.47. The van der Waals surface area contributed by atoms with Crippen LogP contribution >= 0.6 is 7.82 Å². The molecule has 0 aromatic heterocycles. The summed E-state index contributed by atoms with van der Waals surface area (Å²) in [6.45, 7) is 5.78. The summed E-state index contributed by atoms with van der Waals surface area (Å²) in [6, 6.07) is 0. The summed E-state index contributed by atoms with van der Waals surface area (Å²) < 4.78 is 65.2. The molecule has 1 aliphatic carbocycles. The second-order valence-electron chi connectivity index (χ2n) is 29.1. The van der Waals surface area contributed by atoms with Crippen LogP contribution in [0.15, 0.2) is 12.2 Å². The number of aliphatic hydroxyl groups excluding tert-OH is 10. The van der Waals surface area contributed by atoms with E-state index in [0.29, 0.717) is 25.2 Å². The zero-order valence-electron chi connectivity index (χ0n) is 62.4. The first kappa shape index (κ1) is 92.9. The minimum Gasteiger partial charge on any atom is -0.463 e. The number of carbonyl (C=O) groups excluding carboxylic acids is 3. The van der Waals surface area contributed by atoms with E-state index in [1.54, 1.807) is 0 Å². The van der Waals surface area contributed by atoms with Gasteiger partial charge >= 0.3 is 25.7 Å². The first-order chi connectivity index (χ1) is 48.7. The zero-order chi connectivity index (χ0) is 74.1. The number of hydrogen-bond donors (Lipinski definition) is 11. The lowest BCUT2D eigenvalue weighted by Crippen LogP contribution is -2.69. The van der Waals surface area contributed by atoms with Gasteiger partial charge in [0.15, 0.2) is 18.7 Å². The van der Waals surface area contributed by atoms with Crippen molar-refractivity contribution in [1.29, 1.82) is 0 Å². The Labute approximate surface area is 605 Å². The van der Waals surface area contributed by atoms with Crippen molar-refractivity contribution >= 4 is 25.7 Å². The van der Waals surface area contributed by atoms with Gasteiger partial charge in [0, 0.05) is 19.3 Å². The number of carbonyl (C=O) groups is 3. The van der Waals surface area contributed by atoms with Gasteiger partial charge in [0.25, 0.3) is 0 Å². The maximum absolute atomic E-state index is 14.4. The van der Waals surface area contributed by atoms with Crippen LogP contribution < -0.4 is 0 Å². The minimum absolute atomic E-state index is 0.0298. The van der Waals surface area contributed by atoms with E-state index in [0.717, 1.165) is 116 Å². The van der Waals surface area contributed by atoms with Crippen molar-refractivity contribution in [2.75, 3.05) is 26.4 Å². The van der Waals surface area contributed by atoms with Crippen molar-refractivity contribution in [3.8, 4) is 0 Å². The third-order valence-corrected chi connectivity index (χ3v) is 20.9. The fourth-order valence-electron chi connectivity index (χ4n) is 13.4. The molecule has 594 valence electrons. The molecule has 0 bridgehead atoms. The number of esters is 3. The molecule has 2 saturated heterocycles. The number of ether oxygens (including phenoxy) is 7. The number of hydrogen-bond acceptors (Lipinski definition) is 23. The summed E-state index contributed by atoms with van der Waals surface area (Å²) in [5.41, 5.74) is 0. The summed E-state index contributed by atoms with van der Waals surface area (Å²) >= 11 is 0. The predicted octanol–water partition coefficient (Wildman–Crippen LogP) is 11.8. The van der Waals surface area contributed by atoms with Crippen LogP contribution in [0.4, 0.5) is 0 Å². The van der Waals surface area contributed by atoms with E-state index < -0.39 is 156 Å². The van der Waals surface area contributed by atoms with Crippen molar-refractivity contribution in [3.05, 3.63) is 12.2 Å². The lowest BCUT2D eigenvalue weighted by atomic mass is 9.84. The number of rotatable bonds is 62. The molecule has 0 radical (unpaired) electrons. The van der Waals surface area contributed by atoms with Crippen LogP contribution in [0.25, 0.3) is 0 Å². The fourth-order valence-corrected chi connectivity index (χ4v) is 14.3. The molecule has 0 aromatic rings. The normalized spacial score (nSPS) is 27.5. The second-order valence-corrected chi connectivity index (χ2v) is 30.5. The van der Waals surface area contributed by atoms with Gasteiger partial charge in [-0.05, 0) is 50.9 Å². The number of phosphoric acid groups is 1. The fraction of sp³-hybridized carbons (Fsp3) is 0.934. The van der Waals surface area contributed by atoms with E-state index in [4.69, 9.17) is 42.2 Å². The maximum Gasteiger partial charge on any atom is 0.472 e.